The molecule has 0 spiro atoms. The summed E-state index contributed by atoms with van der Waals surface area (Å²) in [5.41, 5.74) is 1.08. The van der Waals surface area contributed by atoms with E-state index in [-0.39, 0.29) is 5.91 Å². The summed E-state index contributed by atoms with van der Waals surface area (Å²) in [6, 6.07) is 0. The van der Waals surface area contributed by atoms with Crippen molar-refractivity contribution >= 4 is 29.0 Å². The molecule has 0 aromatic carbocycles. The Morgan fingerprint density at radius 1 is 1.62 bits per heavy atom. The topological polar surface area (TPSA) is 45.2 Å². The second-order valence-electron chi connectivity index (χ2n) is 5.75. The number of aromatic nitrogens is 1. The summed E-state index contributed by atoms with van der Waals surface area (Å²) in [5.74, 6) is 2.28. The average molecular weight is 328 g/mol. The van der Waals surface area contributed by atoms with Gasteiger partial charge in [0, 0.05) is 30.8 Å². The SMILES string of the molecule is Cc1nc(CSCC(=O)NCCN2CCC[C@H](C)C2)cs1. The van der Waals surface area contributed by atoms with E-state index >= 15 is 0 Å². The normalized spacial score (nSPS) is 19.6. The fourth-order valence-corrected chi connectivity index (χ4v) is 4.08. The molecule has 1 fully saturated rings. The Bertz CT molecular complexity index is 450. The van der Waals surface area contributed by atoms with Crippen molar-refractivity contribution in [2.45, 2.75) is 32.4 Å². The van der Waals surface area contributed by atoms with Gasteiger partial charge < -0.3 is 10.2 Å². The zero-order chi connectivity index (χ0) is 15.1. The fourth-order valence-electron chi connectivity index (χ4n) is 2.62. The molecule has 21 heavy (non-hydrogen) atoms. The number of rotatable bonds is 7. The number of hydrogen-bond donors (Lipinski definition) is 1. The van der Waals surface area contributed by atoms with Crippen molar-refractivity contribution in [1.29, 1.82) is 0 Å². The van der Waals surface area contributed by atoms with E-state index in [1.54, 1.807) is 23.1 Å². The van der Waals surface area contributed by atoms with Gasteiger partial charge in [-0.3, -0.25) is 4.79 Å². The number of thioether (sulfide) groups is 1. The van der Waals surface area contributed by atoms with E-state index in [0.717, 1.165) is 35.5 Å². The summed E-state index contributed by atoms with van der Waals surface area (Å²) in [4.78, 5) is 18.6. The third-order valence-corrected chi connectivity index (χ3v) is 5.43. The van der Waals surface area contributed by atoms with Crippen LogP contribution < -0.4 is 5.32 Å². The lowest BCUT2D eigenvalue weighted by Gasteiger charge is -2.30. The molecule has 1 amide bonds. The van der Waals surface area contributed by atoms with Gasteiger partial charge in [0.15, 0.2) is 0 Å². The maximum Gasteiger partial charge on any atom is 0.230 e. The fraction of sp³-hybridized carbons (Fsp3) is 0.733. The van der Waals surface area contributed by atoms with Crippen LogP contribution in [0, 0.1) is 12.8 Å². The minimum absolute atomic E-state index is 0.136. The molecule has 0 aliphatic carbocycles. The first-order valence-electron chi connectivity index (χ1n) is 7.61. The van der Waals surface area contributed by atoms with Gasteiger partial charge in [0.1, 0.15) is 0 Å². The number of thiazole rings is 1. The Labute approximate surface area is 135 Å². The number of nitrogens with one attached hydrogen (secondary N) is 1. The van der Waals surface area contributed by atoms with E-state index in [1.165, 1.54) is 25.9 Å². The van der Waals surface area contributed by atoms with Gasteiger partial charge in [-0.1, -0.05) is 6.92 Å². The van der Waals surface area contributed by atoms with E-state index in [0.29, 0.717) is 5.75 Å². The summed E-state index contributed by atoms with van der Waals surface area (Å²) in [6.45, 7) is 8.41. The Morgan fingerprint density at radius 2 is 2.48 bits per heavy atom. The van der Waals surface area contributed by atoms with Crippen molar-refractivity contribution in [3.63, 3.8) is 0 Å². The van der Waals surface area contributed by atoms with E-state index in [2.05, 4.69) is 27.5 Å². The number of nitrogens with zero attached hydrogens (tertiary/aromatic N) is 2. The molecule has 1 saturated heterocycles. The Morgan fingerprint density at radius 3 is 3.19 bits per heavy atom. The zero-order valence-corrected chi connectivity index (χ0v) is 14.6. The van der Waals surface area contributed by atoms with Crippen LogP contribution in [-0.2, 0) is 10.5 Å². The third kappa shape index (κ3) is 6.36. The molecule has 1 aromatic rings. The molecule has 118 valence electrons. The molecular weight excluding hydrogens is 302 g/mol. The monoisotopic (exact) mass is 327 g/mol. The van der Waals surface area contributed by atoms with Crippen molar-refractivity contribution in [3.8, 4) is 0 Å². The quantitative estimate of drug-likeness (QED) is 0.836. The molecule has 1 aliphatic rings. The van der Waals surface area contributed by atoms with Crippen LogP contribution in [0.5, 0.6) is 0 Å². The number of piperidine rings is 1. The molecule has 2 rings (SSSR count). The van der Waals surface area contributed by atoms with Gasteiger partial charge in [-0.05, 0) is 32.2 Å². The highest BCUT2D eigenvalue weighted by Crippen LogP contribution is 2.15. The molecule has 0 saturated carbocycles. The maximum atomic E-state index is 11.8. The Kier molecular flexibility index (Phi) is 6.99. The summed E-state index contributed by atoms with van der Waals surface area (Å²) < 4.78 is 0. The van der Waals surface area contributed by atoms with E-state index in [4.69, 9.17) is 0 Å². The number of carbonyl (C=O) groups excluding carboxylic acids is 1. The predicted octanol–water partition coefficient (Wildman–Crippen LogP) is 2.53. The highest BCUT2D eigenvalue weighted by atomic mass is 32.2. The molecule has 1 N–H and O–H groups in total. The highest BCUT2D eigenvalue weighted by molar-refractivity contribution is 7.99. The lowest BCUT2D eigenvalue weighted by molar-refractivity contribution is -0.118. The number of carbonyl (C=O) groups is 1. The van der Waals surface area contributed by atoms with Gasteiger partial charge in [-0.15, -0.1) is 23.1 Å². The first-order valence-corrected chi connectivity index (χ1v) is 9.64. The Hall–Kier alpha value is -0.590. The second-order valence-corrected chi connectivity index (χ2v) is 7.80. The number of amides is 1. The average Bonchev–Trinajstić information content (AvgIpc) is 2.84. The summed E-state index contributed by atoms with van der Waals surface area (Å²) in [7, 11) is 0. The second kappa shape index (κ2) is 8.76. The number of hydrogen-bond acceptors (Lipinski definition) is 5. The van der Waals surface area contributed by atoms with Crippen molar-refractivity contribution in [3.05, 3.63) is 16.1 Å². The molecule has 2 heterocycles. The van der Waals surface area contributed by atoms with Gasteiger partial charge in [-0.25, -0.2) is 4.98 Å². The van der Waals surface area contributed by atoms with Crippen LogP contribution in [0.15, 0.2) is 5.38 Å². The molecule has 0 radical (unpaired) electrons. The van der Waals surface area contributed by atoms with Gasteiger partial charge in [0.2, 0.25) is 5.91 Å². The van der Waals surface area contributed by atoms with Crippen LogP contribution in [0.4, 0.5) is 0 Å². The minimum Gasteiger partial charge on any atom is -0.354 e. The van der Waals surface area contributed by atoms with Gasteiger partial charge in [0.05, 0.1) is 16.5 Å². The molecule has 6 heteroatoms. The van der Waals surface area contributed by atoms with Crippen LogP contribution in [0.2, 0.25) is 0 Å². The lowest BCUT2D eigenvalue weighted by atomic mass is 10.0. The van der Waals surface area contributed by atoms with Crippen LogP contribution in [0.3, 0.4) is 0 Å². The Balaban J connectivity index is 1.53. The van der Waals surface area contributed by atoms with Crippen LogP contribution >= 0.6 is 23.1 Å². The zero-order valence-electron chi connectivity index (χ0n) is 12.9. The first-order chi connectivity index (χ1) is 10.1. The summed E-state index contributed by atoms with van der Waals surface area (Å²) >= 11 is 3.30. The number of aryl methyl sites for hydroxylation is 1. The van der Waals surface area contributed by atoms with Crippen LogP contribution in [-0.4, -0.2) is 47.7 Å². The summed E-state index contributed by atoms with van der Waals surface area (Å²) in [5, 5.41) is 6.17. The highest BCUT2D eigenvalue weighted by Gasteiger charge is 2.15. The van der Waals surface area contributed by atoms with Crippen LogP contribution in [0.1, 0.15) is 30.5 Å². The van der Waals surface area contributed by atoms with E-state index < -0.39 is 0 Å². The van der Waals surface area contributed by atoms with E-state index in [9.17, 15) is 4.79 Å². The third-order valence-electron chi connectivity index (χ3n) is 3.64. The number of likely N-dealkylation sites (tertiary alicyclic amines) is 1. The maximum absolute atomic E-state index is 11.8. The minimum atomic E-state index is 0.136. The molecule has 1 aromatic heterocycles. The largest absolute Gasteiger partial charge is 0.354 e. The van der Waals surface area contributed by atoms with Crippen LogP contribution in [0.25, 0.3) is 0 Å². The van der Waals surface area contributed by atoms with Gasteiger partial charge in [-0.2, -0.15) is 0 Å². The van der Waals surface area contributed by atoms with Crippen molar-refractivity contribution in [2.75, 3.05) is 31.9 Å². The molecular formula is C15H25N3OS2. The first kappa shape index (κ1) is 16.8. The van der Waals surface area contributed by atoms with E-state index in [1.807, 2.05) is 6.92 Å². The van der Waals surface area contributed by atoms with Crippen molar-refractivity contribution in [1.82, 2.24) is 15.2 Å². The van der Waals surface area contributed by atoms with Gasteiger partial charge in [0.25, 0.3) is 0 Å². The predicted molar refractivity (Wildman–Crippen MR) is 90.9 cm³/mol. The molecule has 0 unspecified atom stereocenters. The van der Waals surface area contributed by atoms with Crippen molar-refractivity contribution in [2.24, 2.45) is 5.92 Å². The standard InChI is InChI=1S/C15H25N3OS2/c1-12-4-3-6-18(8-12)7-5-16-15(19)11-20-9-14-10-21-13(2)17-14/h10,12H,3-9,11H2,1-2H3,(H,16,19)/t12-/m0/s1. The molecule has 0 bridgehead atoms. The molecule has 1 aliphatic heterocycles. The molecule has 4 nitrogen and oxygen atoms in total. The molecule has 1 atom stereocenters. The lowest BCUT2D eigenvalue weighted by Crippen LogP contribution is -2.40. The van der Waals surface area contributed by atoms with Crippen molar-refractivity contribution < 1.29 is 4.79 Å². The summed E-state index contributed by atoms with van der Waals surface area (Å²) in [6.07, 6.45) is 2.63. The smallest absolute Gasteiger partial charge is 0.230 e. The van der Waals surface area contributed by atoms with Gasteiger partial charge >= 0.3 is 0 Å².